The van der Waals surface area contributed by atoms with Crippen LogP contribution >= 0.6 is 0 Å². The lowest BCUT2D eigenvalue weighted by Gasteiger charge is -2.38. The van der Waals surface area contributed by atoms with E-state index in [2.05, 4.69) is 27.8 Å². The number of fused-ring (bicyclic) bond motifs is 1. The van der Waals surface area contributed by atoms with E-state index in [1.165, 1.54) is 6.20 Å². The van der Waals surface area contributed by atoms with Gasteiger partial charge in [0.1, 0.15) is 4.90 Å². The summed E-state index contributed by atoms with van der Waals surface area (Å²) in [7, 11) is -3.77. The van der Waals surface area contributed by atoms with E-state index in [9.17, 15) is 8.42 Å². The molecule has 0 atom stereocenters. The molecule has 6 nitrogen and oxygen atoms in total. The maximum absolute atomic E-state index is 13.9. The second kappa shape index (κ2) is 9.63. The molecule has 0 spiro atoms. The van der Waals surface area contributed by atoms with Crippen LogP contribution in [0, 0.1) is 18.3 Å². The van der Waals surface area contributed by atoms with Crippen LogP contribution in [0.5, 0.6) is 0 Å². The predicted octanol–water partition coefficient (Wildman–Crippen LogP) is 5.14. The lowest BCUT2D eigenvalue weighted by atomic mass is 10.1. The Balaban J connectivity index is 1.54. The normalized spacial score (nSPS) is 14.1. The molecule has 5 rings (SSSR count). The third-order valence-corrected chi connectivity index (χ3v) is 8.62. The highest BCUT2D eigenvalue weighted by atomic mass is 32.2. The second-order valence-electron chi connectivity index (χ2n) is 9.13. The van der Waals surface area contributed by atoms with Gasteiger partial charge in [0.05, 0.1) is 27.7 Å². The van der Waals surface area contributed by atoms with Gasteiger partial charge in [0.15, 0.2) is 0 Å². The van der Waals surface area contributed by atoms with Crippen LogP contribution in [-0.2, 0) is 16.3 Å². The van der Waals surface area contributed by atoms with Crippen LogP contribution in [0.25, 0.3) is 10.9 Å². The second-order valence-corrected chi connectivity index (χ2v) is 11.0. The Morgan fingerprint density at radius 2 is 1.58 bits per heavy atom. The smallest absolute Gasteiger partial charge is 0.210 e. The maximum Gasteiger partial charge on any atom is 0.210 e. The minimum Gasteiger partial charge on any atom is -0.368 e. The highest BCUT2D eigenvalue weighted by Gasteiger charge is 2.29. The molecule has 0 radical (unpaired) electrons. The van der Waals surface area contributed by atoms with Gasteiger partial charge in [0.2, 0.25) is 9.84 Å². The van der Waals surface area contributed by atoms with Crippen molar-refractivity contribution in [1.82, 2.24) is 4.98 Å². The van der Waals surface area contributed by atoms with Crippen molar-refractivity contribution in [3.63, 3.8) is 0 Å². The summed E-state index contributed by atoms with van der Waals surface area (Å²) < 4.78 is 27.7. The predicted molar refractivity (Wildman–Crippen MR) is 143 cm³/mol. The average Bonchev–Trinajstić information content (AvgIpc) is 2.92. The van der Waals surface area contributed by atoms with Gasteiger partial charge in [-0.2, -0.15) is 5.26 Å². The first-order valence-corrected chi connectivity index (χ1v) is 13.6. The number of nitriles is 1. The third kappa shape index (κ3) is 4.40. The van der Waals surface area contributed by atoms with E-state index in [0.717, 1.165) is 52.9 Å². The Morgan fingerprint density at radius 1 is 0.917 bits per heavy atom. The quantitative estimate of drug-likeness (QED) is 0.381. The number of aromatic nitrogens is 1. The summed E-state index contributed by atoms with van der Waals surface area (Å²) in [6.45, 7) is 6.89. The molecule has 3 aromatic carbocycles. The van der Waals surface area contributed by atoms with Gasteiger partial charge < -0.3 is 9.80 Å². The summed E-state index contributed by atoms with van der Waals surface area (Å²) in [5.74, 6) is 0. The molecule has 0 amide bonds. The Kier molecular flexibility index (Phi) is 6.38. The van der Waals surface area contributed by atoms with E-state index in [-0.39, 0.29) is 9.79 Å². The Morgan fingerprint density at radius 3 is 2.22 bits per heavy atom. The zero-order chi connectivity index (χ0) is 25.3. The van der Waals surface area contributed by atoms with Gasteiger partial charge in [-0.05, 0) is 67.4 Å². The minimum atomic E-state index is -3.77. The molecule has 4 aromatic rings. The number of sulfone groups is 1. The molecule has 1 aliphatic heterocycles. The summed E-state index contributed by atoms with van der Waals surface area (Å²) in [6, 6.07) is 22.9. The zero-order valence-corrected chi connectivity index (χ0v) is 21.3. The van der Waals surface area contributed by atoms with Gasteiger partial charge in [0.25, 0.3) is 0 Å². The van der Waals surface area contributed by atoms with Crippen molar-refractivity contribution in [2.24, 2.45) is 0 Å². The van der Waals surface area contributed by atoms with Gasteiger partial charge in [-0.1, -0.05) is 30.7 Å². The Hall–Kier alpha value is -3.89. The number of anilines is 2. The van der Waals surface area contributed by atoms with Crippen molar-refractivity contribution in [2.45, 2.75) is 30.1 Å². The van der Waals surface area contributed by atoms with Crippen LogP contribution in [0.3, 0.4) is 0 Å². The fourth-order valence-electron chi connectivity index (χ4n) is 4.76. The highest BCUT2D eigenvalue weighted by molar-refractivity contribution is 7.91. The van der Waals surface area contributed by atoms with Crippen LogP contribution in [0.2, 0.25) is 0 Å². The van der Waals surface area contributed by atoms with E-state index in [1.54, 1.807) is 12.1 Å². The molecule has 0 aliphatic carbocycles. The summed E-state index contributed by atoms with van der Waals surface area (Å²) in [5, 5.41) is 9.94. The zero-order valence-electron chi connectivity index (χ0n) is 20.5. The Labute approximate surface area is 212 Å². The number of piperazine rings is 1. The van der Waals surface area contributed by atoms with Crippen LogP contribution in [-0.4, -0.2) is 39.6 Å². The van der Waals surface area contributed by atoms with Crippen molar-refractivity contribution in [1.29, 1.82) is 5.26 Å². The molecule has 36 heavy (non-hydrogen) atoms. The summed E-state index contributed by atoms with van der Waals surface area (Å²) in [4.78, 5) is 9.52. The number of benzene rings is 3. The summed E-state index contributed by atoms with van der Waals surface area (Å²) in [5.41, 5.74) is 5.36. The van der Waals surface area contributed by atoms with E-state index in [4.69, 9.17) is 5.26 Å². The van der Waals surface area contributed by atoms with Crippen molar-refractivity contribution in [3.8, 4) is 6.07 Å². The lowest BCUT2D eigenvalue weighted by molar-refractivity contribution is 0.594. The first-order chi connectivity index (χ1) is 17.4. The minimum absolute atomic E-state index is 0.247. The first-order valence-electron chi connectivity index (χ1n) is 12.1. The molecular weight excluding hydrogens is 468 g/mol. The fraction of sp³-hybridized carbons (Fsp3) is 0.241. The molecule has 1 saturated heterocycles. The Bertz CT molecular complexity index is 1550. The van der Waals surface area contributed by atoms with E-state index < -0.39 is 9.84 Å². The van der Waals surface area contributed by atoms with Gasteiger partial charge in [-0.25, -0.2) is 8.42 Å². The van der Waals surface area contributed by atoms with E-state index in [1.807, 2.05) is 61.5 Å². The SMILES string of the molecule is CCc1ccc(S(=O)(=O)c2cnc3ccc(C)cc3c2N2CCN(c3ccc(C#N)cc3)CC2)cc1. The summed E-state index contributed by atoms with van der Waals surface area (Å²) >= 11 is 0. The molecule has 0 saturated carbocycles. The van der Waals surface area contributed by atoms with Crippen LogP contribution in [0.1, 0.15) is 23.6 Å². The van der Waals surface area contributed by atoms with Crippen molar-refractivity contribution in [2.75, 3.05) is 36.0 Å². The monoisotopic (exact) mass is 496 g/mol. The van der Waals surface area contributed by atoms with Gasteiger partial charge in [0, 0.05) is 43.4 Å². The molecule has 1 aromatic heterocycles. The van der Waals surface area contributed by atoms with Crippen molar-refractivity contribution >= 4 is 32.1 Å². The van der Waals surface area contributed by atoms with Crippen LogP contribution in [0.15, 0.2) is 82.7 Å². The summed E-state index contributed by atoms with van der Waals surface area (Å²) in [6.07, 6.45) is 2.37. The van der Waals surface area contributed by atoms with E-state index in [0.29, 0.717) is 18.7 Å². The van der Waals surface area contributed by atoms with Crippen molar-refractivity contribution in [3.05, 3.63) is 89.6 Å². The van der Waals surface area contributed by atoms with Crippen LogP contribution < -0.4 is 9.80 Å². The maximum atomic E-state index is 13.9. The van der Waals surface area contributed by atoms with Crippen molar-refractivity contribution < 1.29 is 8.42 Å². The third-order valence-electron chi connectivity index (χ3n) is 6.85. The molecule has 0 unspecified atom stereocenters. The number of hydrogen-bond donors (Lipinski definition) is 0. The highest BCUT2D eigenvalue weighted by Crippen LogP contribution is 2.37. The molecule has 0 N–H and O–H groups in total. The largest absolute Gasteiger partial charge is 0.368 e. The van der Waals surface area contributed by atoms with Crippen LogP contribution in [0.4, 0.5) is 11.4 Å². The topological polar surface area (TPSA) is 77.3 Å². The first kappa shape index (κ1) is 23.8. The van der Waals surface area contributed by atoms with Gasteiger partial charge >= 0.3 is 0 Å². The molecule has 7 heteroatoms. The number of hydrogen-bond acceptors (Lipinski definition) is 6. The molecule has 2 heterocycles. The molecule has 1 aliphatic rings. The fourth-order valence-corrected chi connectivity index (χ4v) is 6.20. The molecule has 182 valence electrons. The number of nitrogens with zero attached hydrogens (tertiary/aromatic N) is 4. The van der Waals surface area contributed by atoms with E-state index >= 15 is 0 Å². The van der Waals surface area contributed by atoms with Gasteiger partial charge in [-0.15, -0.1) is 0 Å². The average molecular weight is 497 g/mol. The number of pyridine rings is 1. The number of aryl methyl sites for hydroxylation is 2. The number of rotatable bonds is 5. The lowest BCUT2D eigenvalue weighted by Crippen LogP contribution is -2.47. The molecule has 1 fully saturated rings. The molecular formula is C29H28N4O2S. The van der Waals surface area contributed by atoms with Gasteiger partial charge in [-0.3, -0.25) is 4.98 Å². The molecule has 0 bridgehead atoms. The standard InChI is InChI=1S/C29H28N4O2S/c1-3-22-7-11-25(12-8-22)36(34,35)28-20-31-27-13-4-21(2)18-26(27)29(28)33-16-14-32(15-17-33)24-9-5-23(19-30)6-10-24/h4-13,18,20H,3,14-17H2,1-2H3.